The summed E-state index contributed by atoms with van der Waals surface area (Å²) < 4.78 is 5.89. The van der Waals surface area contributed by atoms with E-state index in [1.165, 1.54) is 16.7 Å². The van der Waals surface area contributed by atoms with E-state index >= 15 is 0 Å². The molecule has 0 saturated carbocycles. The quantitative estimate of drug-likeness (QED) is 0.753. The first-order valence-corrected chi connectivity index (χ1v) is 10.7. The molecule has 0 bridgehead atoms. The Morgan fingerprint density at radius 3 is 2.59 bits per heavy atom. The molecule has 1 atom stereocenters. The van der Waals surface area contributed by atoms with E-state index in [4.69, 9.17) is 4.74 Å². The molecule has 2 aliphatic heterocycles. The Labute approximate surface area is 173 Å². The van der Waals surface area contributed by atoms with Gasteiger partial charge in [0.1, 0.15) is 18.5 Å². The summed E-state index contributed by atoms with van der Waals surface area (Å²) in [7, 11) is 0. The summed E-state index contributed by atoms with van der Waals surface area (Å²) in [6.45, 7) is 5.55. The summed E-state index contributed by atoms with van der Waals surface area (Å²) in [5.41, 5.74) is 4.00. The number of aliphatic hydroxyl groups is 2. The molecule has 2 aromatic rings. The molecular formula is C24H32N2O3. The Kier molecular flexibility index (Phi) is 6.82. The van der Waals surface area contributed by atoms with Crippen LogP contribution in [-0.4, -0.2) is 65.0 Å². The standard InChI is InChI=1S/C24H32N2O3/c27-22-9-12-25(13-10-22)15-19-4-3-7-24(14-19)29-18-23(28)17-26-11-8-20-5-1-2-6-21(20)16-26/h1-7,14,22-23,27-28H,8-13,15-18H2. The maximum Gasteiger partial charge on any atom is 0.119 e. The average molecular weight is 397 g/mol. The van der Waals surface area contributed by atoms with Gasteiger partial charge in [-0.2, -0.15) is 0 Å². The summed E-state index contributed by atoms with van der Waals surface area (Å²) in [5, 5.41) is 20.1. The van der Waals surface area contributed by atoms with Gasteiger partial charge >= 0.3 is 0 Å². The van der Waals surface area contributed by atoms with E-state index in [1.807, 2.05) is 12.1 Å². The highest BCUT2D eigenvalue weighted by molar-refractivity contribution is 5.29. The summed E-state index contributed by atoms with van der Waals surface area (Å²) in [6.07, 6.45) is 2.09. The van der Waals surface area contributed by atoms with Crippen molar-refractivity contribution in [1.29, 1.82) is 0 Å². The highest BCUT2D eigenvalue weighted by Gasteiger charge is 2.19. The number of nitrogens with zero attached hydrogens (tertiary/aromatic N) is 2. The third kappa shape index (κ3) is 5.80. The van der Waals surface area contributed by atoms with E-state index in [0.717, 1.165) is 57.7 Å². The fraction of sp³-hybridized carbons (Fsp3) is 0.500. The maximum absolute atomic E-state index is 10.5. The topological polar surface area (TPSA) is 56.2 Å². The summed E-state index contributed by atoms with van der Waals surface area (Å²) in [4.78, 5) is 4.67. The molecule has 2 N–H and O–H groups in total. The van der Waals surface area contributed by atoms with Crippen LogP contribution in [0.5, 0.6) is 5.75 Å². The number of hydrogen-bond donors (Lipinski definition) is 2. The molecule has 0 amide bonds. The zero-order valence-electron chi connectivity index (χ0n) is 17.0. The number of benzene rings is 2. The first-order chi connectivity index (χ1) is 14.2. The maximum atomic E-state index is 10.5. The molecule has 29 heavy (non-hydrogen) atoms. The molecule has 1 saturated heterocycles. The van der Waals surface area contributed by atoms with Gasteiger partial charge in [0, 0.05) is 39.3 Å². The summed E-state index contributed by atoms with van der Waals surface area (Å²) in [5.74, 6) is 0.808. The van der Waals surface area contributed by atoms with E-state index in [9.17, 15) is 10.2 Å². The van der Waals surface area contributed by atoms with Crippen LogP contribution < -0.4 is 4.74 Å². The van der Waals surface area contributed by atoms with Gasteiger partial charge in [-0.3, -0.25) is 9.80 Å². The fourth-order valence-corrected chi connectivity index (χ4v) is 4.32. The second-order valence-corrected chi connectivity index (χ2v) is 8.37. The molecule has 5 nitrogen and oxygen atoms in total. The Balaban J connectivity index is 1.24. The van der Waals surface area contributed by atoms with Gasteiger partial charge in [-0.1, -0.05) is 36.4 Å². The minimum atomic E-state index is -0.507. The largest absolute Gasteiger partial charge is 0.491 e. The van der Waals surface area contributed by atoms with Crippen LogP contribution in [0.1, 0.15) is 29.5 Å². The average Bonchev–Trinajstić information content (AvgIpc) is 2.74. The van der Waals surface area contributed by atoms with Gasteiger partial charge in [-0.15, -0.1) is 0 Å². The second-order valence-electron chi connectivity index (χ2n) is 8.37. The van der Waals surface area contributed by atoms with Crippen LogP contribution >= 0.6 is 0 Å². The van der Waals surface area contributed by atoms with Crippen LogP contribution in [0.4, 0.5) is 0 Å². The van der Waals surface area contributed by atoms with Crippen molar-refractivity contribution in [3.8, 4) is 5.75 Å². The molecule has 156 valence electrons. The number of fused-ring (bicyclic) bond motifs is 1. The third-order valence-corrected chi connectivity index (χ3v) is 5.98. The summed E-state index contributed by atoms with van der Waals surface area (Å²) >= 11 is 0. The molecule has 0 spiro atoms. The first kappa shape index (κ1) is 20.4. The molecule has 4 rings (SSSR count). The van der Waals surface area contributed by atoms with Crippen molar-refractivity contribution in [3.05, 3.63) is 65.2 Å². The van der Waals surface area contributed by atoms with Crippen molar-refractivity contribution in [3.63, 3.8) is 0 Å². The molecule has 0 aliphatic carbocycles. The second kappa shape index (κ2) is 9.72. The highest BCUT2D eigenvalue weighted by atomic mass is 16.5. The SMILES string of the molecule is OC1CCN(Cc2cccc(OCC(O)CN3CCc4ccccc4C3)c2)CC1. The summed E-state index contributed by atoms with van der Waals surface area (Å²) in [6, 6.07) is 16.7. The molecule has 5 heteroatoms. The van der Waals surface area contributed by atoms with Crippen LogP contribution in [-0.2, 0) is 19.5 Å². The molecular weight excluding hydrogens is 364 g/mol. The fourth-order valence-electron chi connectivity index (χ4n) is 4.32. The predicted octanol–water partition coefficient (Wildman–Crippen LogP) is 2.44. The van der Waals surface area contributed by atoms with Crippen molar-refractivity contribution in [2.45, 2.75) is 44.6 Å². The van der Waals surface area contributed by atoms with Crippen LogP contribution in [0.15, 0.2) is 48.5 Å². The number of aliphatic hydroxyl groups excluding tert-OH is 2. The van der Waals surface area contributed by atoms with E-state index < -0.39 is 6.10 Å². The molecule has 0 aromatic heterocycles. The molecule has 1 fully saturated rings. The van der Waals surface area contributed by atoms with Crippen molar-refractivity contribution in [2.24, 2.45) is 0 Å². The van der Waals surface area contributed by atoms with Gasteiger partial charge in [0.2, 0.25) is 0 Å². The van der Waals surface area contributed by atoms with Gasteiger partial charge < -0.3 is 14.9 Å². The minimum Gasteiger partial charge on any atom is -0.491 e. The van der Waals surface area contributed by atoms with Crippen molar-refractivity contribution < 1.29 is 14.9 Å². The first-order valence-electron chi connectivity index (χ1n) is 10.7. The molecule has 0 radical (unpaired) electrons. The Morgan fingerprint density at radius 2 is 1.76 bits per heavy atom. The number of ether oxygens (including phenoxy) is 1. The number of likely N-dealkylation sites (tertiary alicyclic amines) is 1. The lowest BCUT2D eigenvalue weighted by Crippen LogP contribution is -2.38. The van der Waals surface area contributed by atoms with E-state index in [1.54, 1.807) is 0 Å². The zero-order chi connectivity index (χ0) is 20.1. The number of β-amino-alcohol motifs (C(OH)–C–C–N with tert-alkyl or cyclic N) is 1. The van der Waals surface area contributed by atoms with E-state index in [2.05, 4.69) is 46.2 Å². The van der Waals surface area contributed by atoms with Gasteiger partial charge in [-0.25, -0.2) is 0 Å². The molecule has 2 aliphatic rings. The minimum absolute atomic E-state index is 0.143. The zero-order valence-corrected chi connectivity index (χ0v) is 17.0. The van der Waals surface area contributed by atoms with Crippen molar-refractivity contribution in [1.82, 2.24) is 9.80 Å². The molecule has 1 unspecified atom stereocenters. The van der Waals surface area contributed by atoms with Gasteiger partial charge in [-0.05, 0) is 48.1 Å². The Hall–Kier alpha value is -1.92. The highest BCUT2D eigenvalue weighted by Crippen LogP contribution is 2.20. The monoisotopic (exact) mass is 396 g/mol. The van der Waals surface area contributed by atoms with Gasteiger partial charge in [0.25, 0.3) is 0 Å². The van der Waals surface area contributed by atoms with Gasteiger partial charge in [0.15, 0.2) is 0 Å². The van der Waals surface area contributed by atoms with Crippen molar-refractivity contribution in [2.75, 3.05) is 32.8 Å². The smallest absolute Gasteiger partial charge is 0.119 e. The lowest BCUT2D eigenvalue weighted by Gasteiger charge is -2.30. The van der Waals surface area contributed by atoms with Gasteiger partial charge in [0.05, 0.1) is 6.10 Å². The normalized spacial score (nSPS) is 19.7. The van der Waals surface area contributed by atoms with Crippen LogP contribution in [0.2, 0.25) is 0 Å². The number of piperidine rings is 1. The lowest BCUT2D eigenvalue weighted by molar-refractivity contribution is 0.0636. The molecule has 2 aromatic carbocycles. The van der Waals surface area contributed by atoms with E-state index in [-0.39, 0.29) is 6.10 Å². The van der Waals surface area contributed by atoms with Crippen molar-refractivity contribution >= 4 is 0 Å². The van der Waals surface area contributed by atoms with Crippen LogP contribution in [0, 0.1) is 0 Å². The number of rotatable bonds is 7. The molecule has 2 heterocycles. The van der Waals surface area contributed by atoms with Crippen LogP contribution in [0.25, 0.3) is 0 Å². The Bertz CT molecular complexity index is 789. The predicted molar refractivity (Wildman–Crippen MR) is 114 cm³/mol. The van der Waals surface area contributed by atoms with Crippen LogP contribution in [0.3, 0.4) is 0 Å². The number of hydrogen-bond acceptors (Lipinski definition) is 5. The van der Waals surface area contributed by atoms with E-state index in [0.29, 0.717) is 13.2 Å². The lowest BCUT2D eigenvalue weighted by atomic mass is 10.00. The Morgan fingerprint density at radius 1 is 0.966 bits per heavy atom. The third-order valence-electron chi connectivity index (χ3n) is 5.98.